The predicted octanol–water partition coefficient (Wildman–Crippen LogP) is 1.73. The highest BCUT2D eigenvalue weighted by molar-refractivity contribution is 5.74. The molecule has 1 fully saturated rings. The maximum absolute atomic E-state index is 12.3. The molecule has 0 radical (unpaired) electrons. The van der Waals surface area contributed by atoms with E-state index in [0.717, 1.165) is 57.0 Å². The Bertz CT molecular complexity index is 490. The van der Waals surface area contributed by atoms with Crippen molar-refractivity contribution in [1.82, 2.24) is 25.0 Å². The number of nitrogens with zero attached hydrogens (tertiary/aromatic N) is 4. The number of aryl methyl sites for hydroxylation is 1. The lowest BCUT2D eigenvalue weighted by atomic mass is 10.0. The summed E-state index contributed by atoms with van der Waals surface area (Å²) in [5, 5.41) is 11.7. The van der Waals surface area contributed by atoms with Crippen LogP contribution in [0.4, 0.5) is 4.79 Å². The number of rotatable bonds is 3. The first-order chi connectivity index (χ1) is 9.66. The van der Waals surface area contributed by atoms with Crippen LogP contribution >= 0.6 is 0 Å². The number of nitrogens with one attached hydrogen (secondary N) is 1. The third-order valence-electron chi connectivity index (χ3n) is 4.26. The summed E-state index contributed by atoms with van der Waals surface area (Å²) in [4.78, 5) is 14.2. The van der Waals surface area contributed by atoms with E-state index in [0.29, 0.717) is 5.92 Å². The van der Waals surface area contributed by atoms with Crippen molar-refractivity contribution >= 4 is 6.03 Å². The summed E-state index contributed by atoms with van der Waals surface area (Å²) < 4.78 is 2.18. The van der Waals surface area contributed by atoms with E-state index < -0.39 is 0 Å². The third kappa shape index (κ3) is 2.39. The lowest BCUT2D eigenvalue weighted by Crippen LogP contribution is -2.42. The molecule has 2 aliphatic heterocycles. The summed E-state index contributed by atoms with van der Waals surface area (Å²) in [5.74, 6) is 2.27. The summed E-state index contributed by atoms with van der Waals surface area (Å²) >= 11 is 0. The average Bonchev–Trinajstić information content (AvgIpc) is 3.12. The largest absolute Gasteiger partial charge is 0.328 e. The van der Waals surface area contributed by atoms with E-state index in [9.17, 15) is 4.79 Å². The number of fused-ring (bicyclic) bond motifs is 1. The predicted molar refractivity (Wildman–Crippen MR) is 75.3 cm³/mol. The van der Waals surface area contributed by atoms with Gasteiger partial charge in [-0.15, -0.1) is 10.2 Å². The first-order valence-electron chi connectivity index (χ1n) is 7.64. The van der Waals surface area contributed by atoms with Gasteiger partial charge >= 0.3 is 6.03 Å². The number of amides is 2. The van der Waals surface area contributed by atoms with Crippen LogP contribution in [-0.2, 0) is 13.0 Å². The van der Waals surface area contributed by atoms with Crippen LogP contribution in [0.25, 0.3) is 0 Å². The smallest absolute Gasteiger partial charge is 0.317 e. The summed E-state index contributed by atoms with van der Waals surface area (Å²) in [6.45, 7) is 6.95. The molecule has 20 heavy (non-hydrogen) atoms. The van der Waals surface area contributed by atoms with Gasteiger partial charge in [0.2, 0.25) is 0 Å². The molecule has 1 atom stereocenters. The van der Waals surface area contributed by atoms with Crippen molar-refractivity contribution in [3.05, 3.63) is 11.6 Å². The van der Waals surface area contributed by atoms with Gasteiger partial charge in [-0.1, -0.05) is 13.8 Å². The molecule has 6 nitrogen and oxygen atoms in total. The first-order valence-corrected chi connectivity index (χ1v) is 7.64. The minimum atomic E-state index is -0.0533. The molecule has 0 spiro atoms. The minimum Gasteiger partial charge on any atom is -0.328 e. The number of carbonyl (C=O) groups excluding carboxylic acids is 1. The maximum Gasteiger partial charge on any atom is 0.317 e. The van der Waals surface area contributed by atoms with Gasteiger partial charge in [0, 0.05) is 26.1 Å². The number of hydrogen-bond donors (Lipinski definition) is 1. The maximum atomic E-state index is 12.3. The summed E-state index contributed by atoms with van der Waals surface area (Å²) in [5.41, 5.74) is 0. The Morgan fingerprint density at radius 1 is 1.15 bits per heavy atom. The zero-order valence-electron chi connectivity index (χ0n) is 12.3. The van der Waals surface area contributed by atoms with Crippen LogP contribution in [0.1, 0.15) is 50.8 Å². The zero-order chi connectivity index (χ0) is 14.1. The zero-order valence-corrected chi connectivity index (χ0v) is 12.3. The molecule has 0 aromatic carbocycles. The number of likely N-dealkylation sites (tertiary alicyclic amines) is 1. The molecule has 0 bridgehead atoms. The minimum absolute atomic E-state index is 0.0385. The third-order valence-corrected chi connectivity index (χ3v) is 4.26. The van der Waals surface area contributed by atoms with Crippen molar-refractivity contribution in [3.63, 3.8) is 0 Å². The molecule has 1 N–H and O–H groups in total. The lowest BCUT2D eigenvalue weighted by Gasteiger charge is -2.25. The van der Waals surface area contributed by atoms with Gasteiger partial charge in [0.25, 0.3) is 0 Å². The standard InChI is InChI=1S/C14H23N5O/c1-10(2)12(15-14(20)18-7-3-4-8-18)13-17-16-11-6-5-9-19(11)13/h10,12H,3-9H2,1-2H3,(H,15,20)/t12-/m1/s1. The number of hydrogen-bond acceptors (Lipinski definition) is 3. The summed E-state index contributed by atoms with van der Waals surface area (Å²) in [6.07, 6.45) is 4.35. The van der Waals surface area contributed by atoms with Crippen LogP contribution in [0.15, 0.2) is 0 Å². The number of carbonyl (C=O) groups is 1. The van der Waals surface area contributed by atoms with Crippen molar-refractivity contribution in [1.29, 1.82) is 0 Å². The van der Waals surface area contributed by atoms with Crippen LogP contribution in [0.5, 0.6) is 0 Å². The Labute approximate surface area is 119 Å². The van der Waals surface area contributed by atoms with Gasteiger partial charge in [-0.2, -0.15) is 0 Å². The van der Waals surface area contributed by atoms with E-state index in [1.165, 1.54) is 0 Å². The monoisotopic (exact) mass is 277 g/mol. The molecule has 110 valence electrons. The highest BCUT2D eigenvalue weighted by Gasteiger charge is 2.29. The highest BCUT2D eigenvalue weighted by Crippen LogP contribution is 2.25. The molecule has 0 unspecified atom stereocenters. The fourth-order valence-corrected chi connectivity index (χ4v) is 3.08. The van der Waals surface area contributed by atoms with Crippen molar-refractivity contribution < 1.29 is 4.79 Å². The van der Waals surface area contributed by atoms with Crippen LogP contribution in [-0.4, -0.2) is 38.8 Å². The molecule has 2 amide bonds. The summed E-state index contributed by atoms with van der Waals surface area (Å²) in [7, 11) is 0. The van der Waals surface area contributed by atoms with Crippen molar-refractivity contribution in [3.8, 4) is 0 Å². The Hall–Kier alpha value is -1.59. The number of urea groups is 1. The molecule has 1 aromatic rings. The van der Waals surface area contributed by atoms with Crippen molar-refractivity contribution in [2.75, 3.05) is 13.1 Å². The van der Waals surface area contributed by atoms with Gasteiger partial charge in [0.05, 0.1) is 6.04 Å². The SMILES string of the molecule is CC(C)[C@@H](NC(=O)N1CCCC1)c1nnc2n1CCC2. The van der Waals surface area contributed by atoms with E-state index in [4.69, 9.17) is 0 Å². The second-order valence-corrected chi connectivity index (χ2v) is 6.09. The van der Waals surface area contributed by atoms with Crippen molar-refractivity contribution in [2.24, 2.45) is 5.92 Å². The molecule has 0 saturated carbocycles. The Morgan fingerprint density at radius 3 is 2.60 bits per heavy atom. The molecular formula is C14H23N5O. The second-order valence-electron chi connectivity index (χ2n) is 6.09. The quantitative estimate of drug-likeness (QED) is 0.915. The average molecular weight is 277 g/mol. The molecule has 2 aliphatic rings. The molecule has 3 heterocycles. The van der Waals surface area contributed by atoms with Gasteiger partial charge in [-0.3, -0.25) is 0 Å². The second kappa shape index (κ2) is 5.42. The molecular weight excluding hydrogens is 254 g/mol. The van der Waals surface area contributed by atoms with Crippen LogP contribution in [0.3, 0.4) is 0 Å². The fraction of sp³-hybridized carbons (Fsp3) is 0.786. The Morgan fingerprint density at radius 2 is 1.90 bits per heavy atom. The van der Waals surface area contributed by atoms with E-state index in [1.807, 2.05) is 4.90 Å². The Balaban J connectivity index is 1.76. The normalized spacial score (nSPS) is 19.4. The van der Waals surface area contributed by atoms with E-state index in [-0.39, 0.29) is 12.1 Å². The topological polar surface area (TPSA) is 63.1 Å². The Kier molecular flexibility index (Phi) is 3.63. The van der Waals surface area contributed by atoms with Crippen LogP contribution < -0.4 is 5.32 Å². The van der Waals surface area contributed by atoms with Crippen molar-refractivity contribution in [2.45, 2.75) is 52.1 Å². The van der Waals surface area contributed by atoms with Gasteiger partial charge < -0.3 is 14.8 Å². The van der Waals surface area contributed by atoms with E-state index in [2.05, 4.69) is 33.9 Å². The van der Waals surface area contributed by atoms with E-state index >= 15 is 0 Å². The van der Waals surface area contributed by atoms with Gasteiger partial charge in [-0.25, -0.2) is 4.79 Å². The molecule has 6 heteroatoms. The lowest BCUT2D eigenvalue weighted by molar-refractivity contribution is 0.199. The van der Waals surface area contributed by atoms with E-state index in [1.54, 1.807) is 0 Å². The molecule has 3 rings (SSSR count). The molecule has 1 aromatic heterocycles. The first kappa shape index (κ1) is 13.4. The summed E-state index contributed by atoms with van der Waals surface area (Å²) in [6, 6.07) is -0.0148. The van der Waals surface area contributed by atoms with Crippen LogP contribution in [0, 0.1) is 5.92 Å². The van der Waals surface area contributed by atoms with Crippen LogP contribution in [0.2, 0.25) is 0 Å². The molecule has 0 aliphatic carbocycles. The molecule has 1 saturated heterocycles. The number of aromatic nitrogens is 3. The van der Waals surface area contributed by atoms with Gasteiger partial charge in [0.15, 0.2) is 5.82 Å². The van der Waals surface area contributed by atoms with Gasteiger partial charge in [-0.05, 0) is 25.2 Å². The fourth-order valence-electron chi connectivity index (χ4n) is 3.08. The highest BCUT2D eigenvalue weighted by atomic mass is 16.2. The van der Waals surface area contributed by atoms with Gasteiger partial charge in [0.1, 0.15) is 5.82 Å².